The molecule has 0 N–H and O–H groups in total. The van der Waals surface area contributed by atoms with E-state index in [1.54, 1.807) is 0 Å². The van der Waals surface area contributed by atoms with Crippen LogP contribution in [0.3, 0.4) is 0 Å². The Balaban J connectivity index is 0. The van der Waals surface area contributed by atoms with Gasteiger partial charge in [-0.3, -0.25) is 0 Å². The van der Waals surface area contributed by atoms with Gasteiger partial charge in [0.1, 0.15) is 0 Å². The van der Waals surface area contributed by atoms with Gasteiger partial charge in [0.2, 0.25) is 0 Å². The topological polar surface area (TPSA) is 14.1 Å². The fourth-order valence-corrected chi connectivity index (χ4v) is 9.06. The average molecular weight is 208 g/mol. The van der Waals surface area contributed by atoms with Crippen LogP contribution in [-0.4, -0.2) is 16.5 Å². The van der Waals surface area contributed by atoms with Crippen LogP contribution >= 0.6 is 0 Å². The molecule has 0 rings (SSSR count). The van der Waals surface area contributed by atoms with Crippen LogP contribution in [0.25, 0.3) is 4.65 Å². The van der Waals surface area contributed by atoms with E-state index in [9.17, 15) is 0 Å². The van der Waals surface area contributed by atoms with Crippen molar-refractivity contribution in [3.63, 3.8) is 0 Å². The molecule has 0 spiro atoms. The Bertz CT molecular complexity index is 80.9. The van der Waals surface area contributed by atoms with E-state index in [1.807, 2.05) is 0 Å². The number of hydrogen-bond acceptors (Lipinski definition) is 0. The Morgan fingerprint density at radius 3 is 0.900 bits per heavy atom. The van der Waals surface area contributed by atoms with Crippen molar-refractivity contribution in [1.29, 1.82) is 0 Å². The maximum Gasteiger partial charge on any atom is 0 e. The van der Waals surface area contributed by atoms with Crippen LogP contribution in [0.2, 0.25) is 39.3 Å². The number of nitrogens with zero attached hydrogens (tertiary/aromatic N) is 1. The molecule has 60 valence electrons. The van der Waals surface area contributed by atoms with E-state index in [0.717, 1.165) is 0 Å². The van der Waals surface area contributed by atoms with Crippen LogP contribution in [0.1, 0.15) is 0 Å². The predicted molar refractivity (Wildman–Crippen MR) is 50.1 cm³/mol. The molecule has 10 heavy (non-hydrogen) atoms. The van der Waals surface area contributed by atoms with Crippen LogP contribution in [0.4, 0.5) is 0 Å². The second-order valence-corrected chi connectivity index (χ2v) is 14.0. The molecule has 0 atom stereocenters. The van der Waals surface area contributed by atoms with Crippen molar-refractivity contribution in [3.05, 3.63) is 4.65 Å². The molecule has 1 nitrogen and oxygen atoms in total. The third-order valence-electron chi connectivity index (χ3n) is 0.671. The minimum atomic E-state index is -1.11. The summed E-state index contributed by atoms with van der Waals surface area (Å²) in [5.74, 6) is 0. The third-order valence-corrected chi connectivity index (χ3v) is 6.04. The van der Waals surface area contributed by atoms with E-state index in [2.05, 4.69) is 39.3 Å². The van der Waals surface area contributed by atoms with E-state index < -0.39 is 16.5 Å². The van der Waals surface area contributed by atoms with Gasteiger partial charge in [0.25, 0.3) is 0 Å². The van der Waals surface area contributed by atoms with Crippen LogP contribution in [0, 0.1) is 0 Å². The van der Waals surface area contributed by atoms with Gasteiger partial charge in [-0.25, -0.2) is 0 Å². The Labute approximate surface area is 82.0 Å². The second-order valence-electron chi connectivity index (χ2n) is 4.45. The number of hydrogen-bond donors (Lipinski definition) is 0. The fourth-order valence-electron chi connectivity index (χ4n) is 1.01. The molecule has 0 saturated carbocycles. The SMILES string of the molecule is C[Si](C)(C)[N-][Si](C)(C)C.[Ti]. The Morgan fingerprint density at radius 2 is 0.900 bits per heavy atom. The van der Waals surface area contributed by atoms with Gasteiger partial charge >= 0.3 is 0 Å². The summed E-state index contributed by atoms with van der Waals surface area (Å²) >= 11 is 0. The molecule has 0 fully saturated rings. The van der Waals surface area contributed by atoms with Crippen molar-refractivity contribution in [1.82, 2.24) is 0 Å². The smallest absolute Gasteiger partial charge is 0 e. The summed E-state index contributed by atoms with van der Waals surface area (Å²) in [5.41, 5.74) is 0. The quantitative estimate of drug-likeness (QED) is 0.619. The van der Waals surface area contributed by atoms with E-state index in [1.165, 1.54) is 0 Å². The molecular weight excluding hydrogens is 190 g/mol. The maximum atomic E-state index is 4.82. The minimum Gasteiger partial charge on any atom is -0.668 e. The van der Waals surface area contributed by atoms with Gasteiger partial charge in [-0.15, -0.1) is 0 Å². The van der Waals surface area contributed by atoms with E-state index in [4.69, 9.17) is 4.65 Å². The molecule has 0 saturated heterocycles. The largest absolute Gasteiger partial charge is 0.668 e. The van der Waals surface area contributed by atoms with Crippen molar-refractivity contribution in [2.24, 2.45) is 0 Å². The number of rotatable bonds is 2. The van der Waals surface area contributed by atoms with Crippen molar-refractivity contribution in [3.8, 4) is 0 Å². The summed E-state index contributed by atoms with van der Waals surface area (Å²) in [6, 6.07) is 0. The van der Waals surface area contributed by atoms with Gasteiger partial charge in [-0.05, 0) is 0 Å². The molecule has 0 aliphatic heterocycles. The standard InChI is InChI=1S/C6H18NSi2.Ti/c1-8(2,3)7-9(4,5)6;/h1-6H3;/q-1;. The molecule has 0 aromatic heterocycles. The Morgan fingerprint density at radius 1 is 0.700 bits per heavy atom. The molecule has 0 aromatic carbocycles. The molecule has 0 unspecified atom stereocenters. The van der Waals surface area contributed by atoms with Crippen molar-refractivity contribution in [2.45, 2.75) is 39.3 Å². The summed E-state index contributed by atoms with van der Waals surface area (Å²) in [7, 11) is -2.21. The van der Waals surface area contributed by atoms with E-state index >= 15 is 0 Å². The van der Waals surface area contributed by atoms with Gasteiger partial charge in [-0.2, -0.15) is 0 Å². The zero-order valence-electron chi connectivity index (χ0n) is 7.95. The average Bonchev–Trinajstić information content (AvgIpc) is 1.14. The zero-order chi connectivity index (χ0) is 7.71. The van der Waals surface area contributed by atoms with Crippen molar-refractivity contribution < 1.29 is 21.7 Å². The zero-order valence-corrected chi connectivity index (χ0v) is 11.5. The van der Waals surface area contributed by atoms with Gasteiger partial charge in [0, 0.05) is 21.7 Å². The normalized spacial score (nSPS) is 12.6. The summed E-state index contributed by atoms with van der Waals surface area (Å²) in [4.78, 5) is 0. The van der Waals surface area contributed by atoms with Gasteiger partial charge in [-0.1, -0.05) is 55.8 Å². The predicted octanol–water partition coefficient (Wildman–Crippen LogP) is 3.03. The minimum absolute atomic E-state index is 0. The summed E-state index contributed by atoms with van der Waals surface area (Å²) in [6.45, 7) is 13.8. The summed E-state index contributed by atoms with van der Waals surface area (Å²) in [6.07, 6.45) is 0. The van der Waals surface area contributed by atoms with E-state index in [0.29, 0.717) is 0 Å². The first-order chi connectivity index (χ1) is 3.71. The first-order valence-electron chi connectivity index (χ1n) is 3.45. The monoisotopic (exact) mass is 208 g/mol. The second kappa shape index (κ2) is 4.21. The van der Waals surface area contributed by atoms with Crippen molar-refractivity contribution in [2.75, 3.05) is 0 Å². The fraction of sp³-hybridized carbons (Fsp3) is 1.00. The molecular formula is C6H18NSi2Ti-. The summed E-state index contributed by atoms with van der Waals surface area (Å²) < 4.78 is 4.82. The van der Waals surface area contributed by atoms with Gasteiger partial charge in [0.05, 0.1) is 0 Å². The third kappa shape index (κ3) is 11.9. The van der Waals surface area contributed by atoms with Gasteiger partial charge < -0.3 is 4.65 Å². The van der Waals surface area contributed by atoms with Crippen LogP contribution in [-0.2, 0) is 21.7 Å². The maximum absolute atomic E-state index is 4.82. The first-order valence-corrected chi connectivity index (χ1v) is 10.3. The molecule has 0 radical (unpaired) electrons. The van der Waals surface area contributed by atoms with Crippen molar-refractivity contribution >= 4 is 16.5 Å². The molecule has 0 aromatic rings. The van der Waals surface area contributed by atoms with E-state index in [-0.39, 0.29) is 21.7 Å². The molecule has 0 heterocycles. The Kier molecular flexibility index (Phi) is 5.76. The molecule has 0 aliphatic carbocycles. The van der Waals surface area contributed by atoms with Gasteiger partial charge in [0.15, 0.2) is 0 Å². The van der Waals surface area contributed by atoms with Crippen LogP contribution in [0.15, 0.2) is 0 Å². The van der Waals surface area contributed by atoms with Crippen LogP contribution in [0.5, 0.6) is 0 Å². The summed E-state index contributed by atoms with van der Waals surface area (Å²) in [5, 5.41) is 0. The molecule has 0 aliphatic rings. The molecule has 0 amide bonds. The first kappa shape index (κ1) is 13.7. The molecule has 4 heteroatoms. The Hall–Kier alpha value is 1.11. The van der Waals surface area contributed by atoms with Crippen LogP contribution < -0.4 is 0 Å². The molecule has 0 bridgehead atoms.